The molecule has 0 aliphatic heterocycles. The summed E-state index contributed by atoms with van der Waals surface area (Å²) in [4.78, 5) is 21.6. The molecule has 0 spiro atoms. The van der Waals surface area contributed by atoms with E-state index in [9.17, 15) is 9.59 Å². The summed E-state index contributed by atoms with van der Waals surface area (Å²) in [6.07, 6.45) is 0. The number of carboxylic acid groups (broad SMARTS) is 2. The number of benzene rings is 4. The van der Waals surface area contributed by atoms with Crippen LogP contribution in [0, 0.1) is 0 Å². The van der Waals surface area contributed by atoms with E-state index < -0.39 is 11.9 Å². The molecule has 0 aliphatic rings. The summed E-state index contributed by atoms with van der Waals surface area (Å²) in [6, 6.07) is 25.5. The molecule has 27 heavy (non-hydrogen) atoms. The molecule has 0 atom stereocenters. The van der Waals surface area contributed by atoms with E-state index in [1.165, 1.54) is 0 Å². The van der Waals surface area contributed by atoms with Gasteiger partial charge in [0.15, 0.2) is 0 Å². The van der Waals surface area contributed by atoms with Gasteiger partial charge in [-0.15, -0.1) is 0 Å². The van der Waals surface area contributed by atoms with Crippen LogP contribution in [-0.4, -0.2) is 22.2 Å². The number of rotatable bonds is 2. The zero-order chi connectivity index (χ0) is 18.5. The molecule has 0 amide bonds. The molecule has 0 bridgehead atoms. The van der Waals surface area contributed by atoms with Gasteiger partial charge in [0, 0.05) is 16.5 Å². The van der Waals surface area contributed by atoms with Crippen LogP contribution >= 0.6 is 0 Å². The van der Waals surface area contributed by atoms with E-state index in [0.717, 1.165) is 21.5 Å². The van der Waals surface area contributed by atoms with E-state index in [-0.39, 0.29) is 16.5 Å². The molecule has 138 valence electrons. The van der Waals surface area contributed by atoms with E-state index in [0.29, 0.717) is 11.1 Å². The molecule has 4 aromatic carbocycles. The molecule has 0 aromatic heterocycles. The standard InChI is InChI=1S/2C11H8O2.Ni/c2*12-11(13)10-7-3-5-8-4-1-2-6-9(8)10;/h2*1-7H,(H,12,13);. The topological polar surface area (TPSA) is 74.6 Å². The zero-order valence-electron chi connectivity index (χ0n) is 14.1. The molecule has 0 unspecified atom stereocenters. The molecule has 2 N–H and O–H groups in total. The van der Waals surface area contributed by atoms with E-state index in [1.54, 1.807) is 24.3 Å². The Labute approximate surface area is 166 Å². The Hall–Kier alpha value is -3.17. The maximum absolute atomic E-state index is 10.8. The maximum Gasteiger partial charge on any atom is 0.336 e. The summed E-state index contributed by atoms with van der Waals surface area (Å²) in [5.41, 5.74) is 0.719. The summed E-state index contributed by atoms with van der Waals surface area (Å²) < 4.78 is 0. The summed E-state index contributed by atoms with van der Waals surface area (Å²) in [5, 5.41) is 21.3. The van der Waals surface area contributed by atoms with Gasteiger partial charge in [0.2, 0.25) is 0 Å². The van der Waals surface area contributed by atoms with E-state index >= 15 is 0 Å². The van der Waals surface area contributed by atoms with E-state index in [1.807, 2.05) is 60.7 Å². The van der Waals surface area contributed by atoms with Gasteiger partial charge in [-0.25, -0.2) is 9.59 Å². The fraction of sp³-hybridized carbons (Fsp3) is 0. The van der Waals surface area contributed by atoms with Crippen molar-refractivity contribution in [1.82, 2.24) is 0 Å². The number of fused-ring (bicyclic) bond motifs is 2. The van der Waals surface area contributed by atoms with Crippen molar-refractivity contribution in [2.75, 3.05) is 0 Å². The largest absolute Gasteiger partial charge is 0.478 e. The first kappa shape index (κ1) is 20.1. The fourth-order valence-corrected chi connectivity index (χ4v) is 2.82. The molecule has 0 aliphatic carbocycles. The van der Waals surface area contributed by atoms with Crippen molar-refractivity contribution in [3.05, 3.63) is 96.1 Å². The number of hydrogen-bond acceptors (Lipinski definition) is 2. The molecule has 4 aromatic rings. The van der Waals surface area contributed by atoms with Gasteiger partial charge in [0.25, 0.3) is 0 Å². The molecule has 5 heteroatoms. The molecule has 4 nitrogen and oxygen atoms in total. The van der Waals surface area contributed by atoms with Gasteiger partial charge < -0.3 is 10.2 Å². The minimum atomic E-state index is -0.878. The van der Waals surface area contributed by atoms with Gasteiger partial charge in [-0.1, -0.05) is 72.8 Å². The van der Waals surface area contributed by atoms with Crippen LogP contribution in [0.2, 0.25) is 0 Å². The minimum absolute atomic E-state index is 0. The second-order valence-electron chi connectivity index (χ2n) is 5.66. The Morgan fingerprint density at radius 1 is 0.519 bits per heavy atom. The van der Waals surface area contributed by atoms with E-state index in [4.69, 9.17) is 10.2 Å². The summed E-state index contributed by atoms with van der Waals surface area (Å²) in [5.74, 6) is -1.76. The summed E-state index contributed by atoms with van der Waals surface area (Å²) >= 11 is 0. The third-order valence-corrected chi connectivity index (χ3v) is 4.04. The van der Waals surface area contributed by atoms with Crippen LogP contribution < -0.4 is 0 Å². The Morgan fingerprint density at radius 2 is 0.852 bits per heavy atom. The number of carbonyl (C=O) groups is 2. The molecule has 0 saturated heterocycles. The van der Waals surface area contributed by atoms with Crippen LogP contribution in [0.15, 0.2) is 84.9 Å². The first-order valence-electron chi connectivity index (χ1n) is 8.00. The normalized spacial score (nSPS) is 9.78. The van der Waals surface area contributed by atoms with Crippen molar-refractivity contribution >= 4 is 33.5 Å². The van der Waals surface area contributed by atoms with Crippen molar-refractivity contribution < 1.29 is 36.3 Å². The SMILES string of the molecule is O=C(O)c1cccc2ccccc12.O=C(O)c1cccc2ccccc12.[Ni]. The van der Waals surface area contributed by atoms with E-state index in [2.05, 4.69) is 0 Å². The molecule has 0 saturated carbocycles. The monoisotopic (exact) mass is 402 g/mol. The van der Waals surface area contributed by atoms with Crippen LogP contribution in [0.4, 0.5) is 0 Å². The quantitative estimate of drug-likeness (QED) is 0.459. The zero-order valence-corrected chi connectivity index (χ0v) is 15.1. The van der Waals surface area contributed by atoms with Crippen LogP contribution in [0.1, 0.15) is 20.7 Å². The Bertz CT molecular complexity index is 1010. The average molecular weight is 403 g/mol. The smallest absolute Gasteiger partial charge is 0.336 e. The molecular weight excluding hydrogens is 387 g/mol. The average Bonchev–Trinajstić information content (AvgIpc) is 2.67. The van der Waals surface area contributed by atoms with Gasteiger partial charge in [0.1, 0.15) is 0 Å². The third-order valence-electron chi connectivity index (χ3n) is 4.04. The van der Waals surface area contributed by atoms with Gasteiger partial charge in [-0.2, -0.15) is 0 Å². The van der Waals surface area contributed by atoms with Crippen molar-refractivity contribution in [3.8, 4) is 0 Å². The van der Waals surface area contributed by atoms with Gasteiger partial charge in [-0.05, 0) is 33.7 Å². The second kappa shape index (κ2) is 8.97. The molecular formula is C22H16NiO4. The van der Waals surface area contributed by atoms with Crippen molar-refractivity contribution in [2.24, 2.45) is 0 Å². The van der Waals surface area contributed by atoms with Gasteiger partial charge in [0.05, 0.1) is 11.1 Å². The van der Waals surface area contributed by atoms with Gasteiger partial charge >= 0.3 is 11.9 Å². The Balaban J connectivity index is 0.000000187. The predicted molar refractivity (Wildman–Crippen MR) is 102 cm³/mol. The third kappa shape index (κ3) is 4.52. The fourth-order valence-electron chi connectivity index (χ4n) is 2.82. The predicted octanol–water partition coefficient (Wildman–Crippen LogP) is 5.07. The number of aromatic carboxylic acids is 2. The van der Waals surface area contributed by atoms with Crippen LogP contribution in [-0.2, 0) is 16.5 Å². The first-order chi connectivity index (χ1) is 12.6. The maximum atomic E-state index is 10.8. The molecule has 0 fully saturated rings. The van der Waals surface area contributed by atoms with Crippen molar-refractivity contribution in [3.63, 3.8) is 0 Å². The first-order valence-corrected chi connectivity index (χ1v) is 8.00. The molecule has 0 heterocycles. The van der Waals surface area contributed by atoms with Gasteiger partial charge in [-0.3, -0.25) is 0 Å². The number of hydrogen-bond donors (Lipinski definition) is 2. The Morgan fingerprint density at radius 3 is 1.22 bits per heavy atom. The Kier molecular flexibility index (Phi) is 6.69. The number of carboxylic acids is 2. The molecule has 0 radical (unpaired) electrons. The summed E-state index contributed by atoms with van der Waals surface area (Å²) in [7, 11) is 0. The van der Waals surface area contributed by atoms with Crippen molar-refractivity contribution in [1.29, 1.82) is 0 Å². The van der Waals surface area contributed by atoms with Crippen LogP contribution in [0.3, 0.4) is 0 Å². The minimum Gasteiger partial charge on any atom is -0.478 e. The van der Waals surface area contributed by atoms with Crippen molar-refractivity contribution in [2.45, 2.75) is 0 Å². The van der Waals surface area contributed by atoms with Crippen LogP contribution in [0.5, 0.6) is 0 Å². The van der Waals surface area contributed by atoms with Crippen LogP contribution in [0.25, 0.3) is 21.5 Å². The molecule has 4 rings (SSSR count). The second-order valence-corrected chi connectivity index (χ2v) is 5.66. The summed E-state index contributed by atoms with van der Waals surface area (Å²) in [6.45, 7) is 0.